The minimum absolute atomic E-state index is 0.0120. The monoisotopic (exact) mass is 390 g/mol. The average molecular weight is 390 g/mol. The zero-order valence-corrected chi connectivity index (χ0v) is 16.4. The van der Waals surface area contributed by atoms with E-state index in [0.717, 1.165) is 42.7 Å². The van der Waals surface area contributed by atoms with Crippen LogP contribution in [0.3, 0.4) is 0 Å². The van der Waals surface area contributed by atoms with Gasteiger partial charge in [0.1, 0.15) is 11.5 Å². The summed E-state index contributed by atoms with van der Waals surface area (Å²) in [6.07, 6.45) is 10.5. The highest BCUT2D eigenvalue weighted by atomic mass is 16.5. The van der Waals surface area contributed by atoms with E-state index in [0.29, 0.717) is 23.1 Å². The Morgan fingerprint density at radius 1 is 1.21 bits per heavy atom. The molecule has 0 radical (unpaired) electrons. The van der Waals surface area contributed by atoms with Crippen molar-refractivity contribution in [2.24, 2.45) is 5.41 Å². The van der Waals surface area contributed by atoms with Gasteiger partial charge in [-0.3, -0.25) is 9.78 Å². The zero-order chi connectivity index (χ0) is 20.0. The summed E-state index contributed by atoms with van der Waals surface area (Å²) in [4.78, 5) is 30.4. The molecule has 2 aliphatic rings. The van der Waals surface area contributed by atoms with Gasteiger partial charge in [-0.05, 0) is 31.1 Å². The molecule has 148 valence electrons. The molecule has 8 heteroatoms. The number of fused-ring (bicyclic) bond motifs is 1. The van der Waals surface area contributed by atoms with E-state index in [1.807, 2.05) is 0 Å². The average Bonchev–Trinajstić information content (AvgIpc) is 3.43. The predicted molar refractivity (Wildman–Crippen MR) is 104 cm³/mol. The quantitative estimate of drug-likeness (QED) is 0.729. The highest BCUT2D eigenvalue weighted by Gasteiger charge is 2.35. The third kappa shape index (κ3) is 3.62. The smallest absolute Gasteiger partial charge is 0.273 e. The molecule has 3 aromatic heterocycles. The van der Waals surface area contributed by atoms with E-state index in [1.165, 1.54) is 0 Å². The van der Waals surface area contributed by atoms with Gasteiger partial charge in [-0.2, -0.15) is 0 Å². The summed E-state index contributed by atoms with van der Waals surface area (Å²) in [6, 6.07) is 1.58. The number of carbonyl (C=O) groups excluding carboxylic acids is 1. The molecule has 8 nitrogen and oxygen atoms in total. The van der Waals surface area contributed by atoms with Gasteiger partial charge in [0.2, 0.25) is 0 Å². The first kappa shape index (κ1) is 17.9. The van der Waals surface area contributed by atoms with Crippen LogP contribution < -0.4 is 5.32 Å². The topological polar surface area (TPSA) is 107 Å². The Morgan fingerprint density at radius 3 is 2.83 bits per heavy atom. The van der Waals surface area contributed by atoms with Crippen molar-refractivity contribution < 1.29 is 9.32 Å². The number of aromatic nitrogens is 5. The van der Waals surface area contributed by atoms with Gasteiger partial charge in [-0.25, -0.2) is 15.0 Å². The van der Waals surface area contributed by atoms with Crippen molar-refractivity contribution >= 4 is 5.91 Å². The number of rotatable bonds is 4. The van der Waals surface area contributed by atoms with E-state index in [2.05, 4.69) is 39.3 Å². The molecule has 0 saturated heterocycles. The molecule has 1 N–H and O–H groups in total. The summed E-state index contributed by atoms with van der Waals surface area (Å²) in [6.45, 7) is 4.36. The van der Waals surface area contributed by atoms with E-state index in [4.69, 9.17) is 9.51 Å². The molecule has 0 spiro atoms. The number of hydrogen-bond donors (Lipinski definition) is 1. The van der Waals surface area contributed by atoms with Crippen molar-refractivity contribution in [2.45, 2.75) is 51.5 Å². The third-order valence-electron chi connectivity index (χ3n) is 5.52. The number of carbonyl (C=O) groups is 1. The molecule has 0 aliphatic heterocycles. The molecule has 3 aromatic rings. The van der Waals surface area contributed by atoms with Crippen LogP contribution in [0.25, 0.3) is 11.5 Å². The van der Waals surface area contributed by atoms with Gasteiger partial charge in [0, 0.05) is 36.1 Å². The highest BCUT2D eigenvalue weighted by molar-refractivity contribution is 5.92. The fraction of sp³-hybridized carbons (Fsp3) is 0.429. The van der Waals surface area contributed by atoms with E-state index < -0.39 is 0 Å². The van der Waals surface area contributed by atoms with Gasteiger partial charge in [-0.15, -0.1) is 0 Å². The first-order chi connectivity index (χ1) is 14.0. The fourth-order valence-electron chi connectivity index (χ4n) is 3.90. The Balaban J connectivity index is 1.42. The van der Waals surface area contributed by atoms with E-state index in [9.17, 15) is 4.79 Å². The van der Waals surface area contributed by atoms with Crippen LogP contribution in [0.2, 0.25) is 0 Å². The van der Waals surface area contributed by atoms with Crippen molar-refractivity contribution in [3.05, 3.63) is 53.6 Å². The molecular formula is C21H22N6O2. The molecular weight excluding hydrogens is 368 g/mol. The summed E-state index contributed by atoms with van der Waals surface area (Å²) in [7, 11) is 0. The number of nitrogens with one attached hydrogen (secondary N) is 1. The fourth-order valence-corrected chi connectivity index (χ4v) is 3.90. The minimum atomic E-state index is -0.229. The molecule has 1 atom stereocenters. The summed E-state index contributed by atoms with van der Waals surface area (Å²) in [5.74, 6) is 1.54. The van der Waals surface area contributed by atoms with Crippen LogP contribution in [-0.4, -0.2) is 31.0 Å². The van der Waals surface area contributed by atoms with Crippen LogP contribution in [-0.2, 0) is 6.42 Å². The number of nitrogens with zero attached hydrogens (tertiary/aromatic N) is 5. The van der Waals surface area contributed by atoms with Crippen molar-refractivity contribution in [3.63, 3.8) is 0 Å². The highest BCUT2D eigenvalue weighted by Crippen LogP contribution is 2.41. The van der Waals surface area contributed by atoms with Gasteiger partial charge < -0.3 is 9.84 Å². The molecule has 3 heterocycles. The van der Waals surface area contributed by atoms with E-state index in [-0.39, 0.29) is 17.4 Å². The molecule has 29 heavy (non-hydrogen) atoms. The largest absolute Gasteiger partial charge is 0.360 e. The number of hydrogen-bond acceptors (Lipinski definition) is 7. The van der Waals surface area contributed by atoms with Crippen molar-refractivity contribution in [1.82, 2.24) is 30.4 Å². The summed E-state index contributed by atoms with van der Waals surface area (Å²) in [5, 5.41) is 7.06. The molecule has 5 rings (SSSR count). The van der Waals surface area contributed by atoms with Gasteiger partial charge in [0.15, 0.2) is 11.5 Å². The van der Waals surface area contributed by atoms with Gasteiger partial charge in [-0.1, -0.05) is 19.0 Å². The van der Waals surface area contributed by atoms with Crippen LogP contribution in [0.5, 0.6) is 0 Å². The summed E-state index contributed by atoms with van der Waals surface area (Å²) < 4.78 is 5.33. The SMILES string of the molecule is CC1(C)Cc2nc(-c3cnccn3)ncc2C(NC(=O)c2cc(C3CC3)on2)C1. The molecule has 1 unspecified atom stereocenters. The van der Waals surface area contributed by atoms with Crippen LogP contribution in [0.4, 0.5) is 0 Å². The third-order valence-corrected chi connectivity index (χ3v) is 5.52. The Kier molecular flexibility index (Phi) is 4.15. The lowest BCUT2D eigenvalue weighted by atomic mass is 9.74. The lowest BCUT2D eigenvalue weighted by Crippen LogP contribution is -2.37. The minimum Gasteiger partial charge on any atom is -0.360 e. The predicted octanol–water partition coefficient (Wildman–Crippen LogP) is 3.24. The number of amides is 1. The first-order valence-electron chi connectivity index (χ1n) is 9.88. The molecule has 1 amide bonds. The van der Waals surface area contributed by atoms with Crippen molar-refractivity contribution in [2.75, 3.05) is 0 Å². The van der Waals surface area contributed by atoms with Gasteiger partial charge in [0.05, 0.1) is 17.9 Å². The standard InChI is InChI=1S/C21H22N6O2/c1-21(2)8-15-13(10-24-19(25-15)17-11-22-5-6-23-17)16(9-21)26-20(28)14-7-18(29-27-14)12-3-4-12/h5-7,10-12,16H,3-4,8-9H2,1-2H3,(H,26,28). The maximum atomic E-state index is 12.8. The maximum Gasteiger partial charge on any atom is 0.273 e. The molecule has 1 fully saturated rings. The Morgan fingerprint density at radius 2 is 2.07 bits per heavy atom. The molecule has 0 aromatic carbocycles. The maximum absolute atomic E-state index is 12.8. The molecule has 1 saturated carbocycles. The van der Waals surface area contributed by atoms with E-state index >= 15 is 0 Å². The second-order valence-electron chi connectivity index (χ2n) is 8.65. The van der Waals surface area contributed by atoms with Crippen LogP contribution in [0.15, 0.2) is 35.4 Å². The molecule has 0 bridgehead atoms. The zero-order valence-electron chi connectivity index (χ0n) is 16.4. The lowest BCUT2D eigenvalue weighted by molar-refractivity contribution is 0.0909. The Bertz CT molecular complexity index is 1060. The van der Waals surface area contributed by atoms with Crippen LogP contribution in [0, 0.1) is 5.41 Å². The van der Waals surface area contributed by atoms with Crippen LogP contribution >= 0.6 is 0 Å². The molecule has 2 aliphatic carbocycles. The summed E-state index contributed by atoms with van der Waals surface area (Å²) in [5.41, 5.74) is 2.82. The second kappa shape index (κ2) is 6.72. The lowest BCUT2D eigenvalue weighted by Gasteiger charge is -2.36. The second-order valence-corrected chi connectivity index (χ2v) is 8.65. The van der Waals surface area contributed by atoms with Crippen LogP contribution in [0.1, 0.15) is 72.6 Å². The van der Waals surface area contributed by atoms with Gasteiger partial charge >= 0.3 is 0 Å². The van der Waals surface area contributed by atoms with Gasteiger partial charge in [0.25, 0.3) is 5.91 Å². The van der Waals surface area contributed by atoms with E-state index in [1.54, 1.807) is 30.9 Å². The first-order valence-corrected chi connectivity index (χ1v) is 9.88. The summed E-state index contributed by atoms with van der Waals surface area (Å²) >= 11 is 0. The van der Waals surface area contributed by atoms with Crippen molar-refractivity contribution in [3.8, 4) is 11.5 Å². The Hall–Kier alpha value is -3.16. The Labute approximate surface area is 168 Å². The normalized spacial score (nSPS) is 20.1. The van der Waals surface area contributed by atoms with Crippen molar-refractivity contribution in [1.29, 1.82) is 0 Å².